The van der Waals surface area contributed by atoms with Crippen molar-refractivity contribution in [1.29, 1.82) is 0 Å². The summed E-state index contributed by atoms with van der Waals surface area (Å²) < 4.78 is 42.0. The van der Waals surface area contributed by atoms with Crippen molar-refractivity contribution in [3.63, 3.8) is 0 Å². The summed E-state index contributed by atoms with van der Waals surface area (Å²) in [5.41, 5.74) is 7.23. The van der Waals surface area contributed by atoms with E-state index in [1.54, 1.807) is 12.3 Å². The standard InChI is InChI=1S/C12H13F3N2O/c13-12(14,15)8-18-6-5-17-4-3-9-7-10(16)1-2-11(9)17/h1-4,7H,5-6,8,16H2. The van der Waals surface area contributed by atoms with Crippen molar-refractivity contribution in [2.24, 2.45) is 0 Å². The van der Waals surface area contributed by atoms with Crippen LogP contribution in [0.2, 0.25) is 0 Å². The summed E-state index contributed by atoms with van der Waals surface area (Å²) in [6.07, 6.45) is -2.46. The number of alkyl halides is 3. The summed E-state index contributed by atoms with van der Waals surface area (Å²) in [5, 5.41) is 0.964. The van der Waals surface area contributed by atoms with E-state index in [1.807, 2.05) is 22.8 Å². The maximum absolute atomic E-state index is 11.9. The number of nitrogens with two attached hydrogens (primary N) is 1. The predicted octanol–water partition coefficient (Wildman–Crippen LogP) is 2.80. The largest absolute Gasteiger partial charge is 0.411 e. The number of nitrogen functional groups attached to an aromatic ring is 1. The normalized spacial score (nSPS) is 12.2. The molecule has 0 bridgehead atoms. The molecule has 2 rings (SSSR count). The number of aromatic nitrogens is 1. The van der Waals surface area contributed by atoms with E-state index in [1.165, 1.54) is 0 Å². The molecule has 0 spiro atoms. The van der Waals surface area contributed by atoms with Crippen molar-refractivity contribution < 1.29 is 17.9 Å². The maximum Gasteiger partial charge on any atom is 0.411 e. The Labute approximate surface area is 102 Å². The summed E-state index contributed by atoms with van der Waals surface area (Å²) in [5.74, 6) is 0. The SMILES string of the molecule is Nc1ccc2c(ccn2CCOCC(F)(F)F)c1. The number of hydrogen-bond donors (Lipinski definition) is 1. The van der Waals surface area contributed by atoms with Gasteiger partial charge in [0.15, 0.2) is 0 Å². The van der Waals surface area contributed by atoms with Crippen LogP contribution in [0.3, 0.4) is 0 Å². The van der Waals surface area contributed by atoms with E-state index in [-0.39, 0.29) is 6.61 Å². The summed E-state index contributed by atoms with van der Waals surface area (Å²) in [6, 6.07) is 7.29. The van der Waals surface area contributed by atoms with Gasteiger partial charge in [0.05, 0.1) is 6.61 Å². The molecule has 0 aliphatic heterocycles. The van der Waals surface area contributed by atoms with Gasteiger partial charge in [-0.25, -0.2) is 0 Å². The summed E-state index contributed by atoms with van der Waals surface area (Å²) in [6.45, 7) is -0.809. The van der Waals surface area contributed by atoms with Crippen LogP contribution in [-0.4, -0.2) is 24.0 Å². The lowest BCUT2D eigenvalue weighted by molar-refractivity contribution is -0.174. The molecular formula is C12H13F3N2O. The molecule has 0 aliphatic rings. The number of fused-ring (bicyclic) bond motifs is 1. The Kier molecular flexibility index (Phi) is 3.47. The van der Waals surface area contributed by atoms with Gasteiger partial charge in [-0.1, -0.05) is 0 Å². The Balaban J connectivity index is 1.96. The van der Waals surface area contributed by atoms with E-state index >= 15 is 0 Å². The minimum Gasteiger partial charge on any atom is -0.399 e. The predicted molar refractivity (Wildman–Crippen MR) is 63.2 cm³/mol. The van der Waals surface area contributed by atoms with Gasteiger partial charge >= 0.3 is 6.18 Å². The average Bonchev–Trinajstić information content (AvgIpc) is 2.65. The van der Waals surface area contributed by atoms with Crippen molar-refractivity contribution in [3.8, 4) is 0 Å². The Morgan fingerprint density at radius 2 is 2.00 bits per heavy atom. The molecule has 0 amide bonds. The first-order chi connectivity index (χ1) is 8.46. The van der Waals surface area contributed by atoms with E-state index in [9.17, 15) is 13.2 Å². The van der Waals surface area contributed by atoms with Crippen molar-refractivity contribution in [3.05, 3.63) is 30.5 Å². The van der Waals surface area contributed by atoms with E-state index in [0.717, 1.165) is 10.9 Å². The zero-order valence-electron chi connectivity index (χ0n) is 9.57. The molecule has 0 radical (unpaired) electrons. The molecule has 0 fully saturated rings. The van der Waals surface area contributed by atoms with Gasteiger partial charge in [0.1, 0.15) is 6.61 Å². The molecule has 0 saturated carbocycles. The molecule has 98 valence electrons. The zero-order chi connectivity index (χ0) is 13.2. The van der Waals surface area contributed by atoms with Crippen molar-refractivity contribution in [2.45, 2.75) is 12.7 Å². The average molecular weight is 258 g/mol. The van der Waals surface area contributed by atoms with Gasteiger partial charge in [0, 0.05) is 29.3 Å². The van der Waals surface area contributed by atoms with E-state index in [0.29, 0.717) is 12.2 Å². The summed E-state index contributed by atoms with van der Waals surface area (Å²) in [4.78, 5) is 0. The molecule has 2 aromatic rings. The van der Waals surface area contributed by atoms with Crippen LogP contribution in [0, 0.1) is 0 Å². The van der Waals surface area contributed by atoms with Crippen molar-refractivity contribution >= 4 is 16.6 Å². The van der Waals surface area contributed by atoms with Gasteiger partial charge < -0.3 is 15.0 Å². The minimum atomic E-state index is -4.27. The third kappa shape index (κ3) is 3.16. The first kappa shape index (κ1) is 12.8. The lowest BCUT2D eigenvalue weighted by Gasteiger charge is -2.09. The zero-order valence-corrected chi connectivity index (χ0v) is 9.57. The molecule has 3 nitrogen and oxygen atoms in total. The van der Waals surface area contributed by atoms with Crippen LogP contribution < -0.4 is 5.73 Å². The van der Waals surface area contributed by atoms with Gasteiger partial charge in [-0.15, -0.1) is 0 Å². The quantitative estimate of drug-likeness (QED) is 0.676. The van der Waals surface area contributed by atoms with Gasteiger partial charge in [-0.2, -0.15) is 13.2 Å². The fourth-order valence-corrected chi connectivity index (χ4v) is 1.76. The summed E-state index contributed by atoms with van der Waals surface area (Å²) >= 11 is 0. The molecule has 0 aliphatic carbocycles. The number of anilines is 1. The molecule has 0 atom stereocenters. The highest BCUT2D eigenvalue weighted by molar-refractivity contribution is 5.83. The van der Waals surface area contributed by atoms with E-state index in [4.69, 9.17) is 5.73 Å². The second-order valence-electron chi connectivity index (χ2n) is 4.00. The fraction of sp³-hybridized carbons (Fsp3) is 0.333. The maximum atomic E-state index is 11.9. The highest BCUT2D eigenvalue weighted by Crippen LogP contribution is 2.19. The van der Waals surface area contributed by atoms with Gasteiger partial charge in [-0.3, -0.25) is 0 Å². The lowest BCUT2D eigenvalue weighted by Crippen LogP contribution is -2.18. The molecule has 18 heavy (non-hydrogen) atoms. The molecule has 0 saturated heterocycles. The van der Waals surface area contributed by atoms with Crippen LogP contribution >= 0.6 is 0 Å². The number of hydrogen-bond acceptors (Lipinski definition) is 2. The van der Waals surface area contributed by atoms with Gasteiger partial charge in [0.25, 0.3) is 0 Å². The smallest absolute Gasteiger partial charge is 0.399 e. The van der Waals surface area contributed by atoms with Crippen LogP contribution in [0.1, 0.15) is 0 Å². The number of halogens is 3. The Morgan fingerprint density at radius 3 is 2.72 bits per heavy atom. The second-order valence-corrected chi connectivity index (χ2v) is 4.00. The van der Waals surface area contributed by atoms with Crippen LogP contribution in [0.5, 0.6) is 0 Å². The molecular weight excluding hydrogens is 245 g/mol. The number of ether oxygens (including phenoxy) is 1. The number of rotatable bonds is 4. The molecule has 2 N–H and O–H groups in total. The third-order valence-corrected chi connectivity index (χ3v) is 2.54. The monoisotopic (exact) mass is 258 g/mol. The van der Waals surface area contributed by atoms with Crippen molar-refractivity contribution in [1.82, 2.24) is 4.57 Å². The molecule has 6 heteroatoms. The Morgan fingerprint density at radius 1 is 1.22 bits per heavy atom. The second kappa shape index (κ2) is 4.89. The fourth-order valence-electron chi connectivity index (χ4n) is 1.76. The molecule has 0 unspecified atom stereocenters. The third-order valence-electron chi connectivity index (χ3n) is 2.54. The van der Waals surface area contributed by atoms with Crippen LogP contribution in [-0.2, 0) is 11.3 Å². The number of benzene rings is 1. The first-order valence-corrected chi connectivity index (χ1v) is 5.44. The van der Waals surface area contributed by atoms with Crippen LogP contribution in [0.15, 0.2) is 30.5 Å². The van der Waals surface area contributed by atoms with Crippen LogP contribution in [0.25, 0.3) is 10.9 Å². The topological polar surface area (TPSA) is 40.2 Å². The lowest BCUT2D eigenvalue weighted by atomic mass is 10.2. The Bertz CT molecular complexity index is 534. The molecule has 1 aromatic carbocycles. The van der Waals surface area contributed by atoms with Crippen LogP contribution in [0.4, 0.5) is 18.9 Å². The highest BCUT2D eigenvalue weighted by Gasteiger charge is 2.27. The minimum absolute atomic E-state index is 0.0215. The molecule has 1 heterocycles. The van der Waals surface area contributed by atoms with Crippen molar-refractivity contribution in [2.75, 3.05) is 18.9 Å². The van der Waals surface area contributed by atoms with Gasteiger partial charge in [0.2, 0.25) is 0 Å². The van der Waals surface area contributed by atoms with E-state index in [2.05, 4.69) is 4.74 Å². The number of nitrogens with zero attached hydrogens (tertiary/aromatic N) is 1. The first-order valence-electron chi connectivity index (χ1n) is 5.44. The highest BCUT2D eigenvalue weighted by atomic mass is 19.4. The summed E-state index contributed by atoms with van der Waals surface area (Å²) in [7, 11) is 0. The van der Waals surface area contributed by atoms with Gasteiger partial charge in [-0.05, 0) is 24.3 Å². The van der Waals surface area contributed by atoms with E-state index < -0.39 is 12.8 Å². The Hall–Kier alpha value is -1.69. The molecule has 1 aromatic heterocycles.